The molecule has 1 heterocycles. The molecule has 0 aliphatic carbocycles. The van der Waals surface area contributed by atoms with Crippen molar-refractivity contribution in [3.63, 3.8) is 0 Å². The molecular formula is C18H25NO8S. The summed E-state index contributed by atoms with van der Waals surface area (Å²) in [7, 11) is -3.78. The van der Waals surface area contributed by atoms with Gasteiger partial charge >= 0.3 is 5.97 Å². The average molecular weight is 415 g/mol. The van der Waals surface area contributed by atoms with Crippen molar-refractivity contribution in [3.05, 3.63) is 29.3 Å². The molecule has 1 N–H and O–H groups in total. The molecule has 0 aromatic heterocycles. The van der Waals surface area contributed by atoms with E-state index in [-0.39, 0.29) is 24.5 Å². The molecule has 1 aliphatic rings. The molecule has 1 aromatic rings. The van der Waals surface area contributed by atoms with E-state index in [0.29, 0.717) is 5.56 Å². The standard InChI is InChI=1S/C18H25NO8S/c1-11-13(7-6-8-15(11)26-12(2)20)17(21)19-14-9-24-18(3,4)25-10-16(14)27-28(5,22)23/h6-8,14,16H,9-10H2,1-5H3,(H,19,21)/t14-,16-/m0/s1. The Hall–Kier alpha value is -2.01. The molecule has 1 amide bonds. The summed E-state index contributed by atoms with van der Waals surface area (Å²) in [5.74, 6) is -1.67. The van der Waals surface area contributed by atoms with E-state index < -0.39 is 39.9 Å². The Morgan fingerprint density at radius 3 is 2.46 bits per heavy atom. The third-order valence-corrected chi connectivity index (χ3v) is 4.65. The lowest BCUT2D eigenvalue weighted by atomic mass is 10.1. The largest absolute Gasteiger partial charge is 0.426 e. The summed E-state index contributed by atoms with van der Waals surface area (Å²) in [5, 5.41) is 2.73. The first-order valence-corrected chi connectivity index (χ1v) is 10.4. The highest BCUT2D eigenvalue weighted by Crippen LogP contribution is 2.23. The second-order valence-electron chi connectivity index (χ2n) is 6.96. The van der Waals surface area contributed by atoms with Crippen LogP contribution in [0.5, 0.6) is 5.75 Å². The van der Waals surface area contributed by atoms with E-state index in [0.717, 1.165) is 6.26 Å². The Morgan fingerprint density at radius 1 is 1.21 bits per heavy atom. The Kier molecular flexibility index (Phi) is 6.81. The number of carbonyl (C=O) groups is 2. The number of rotatable bonds is 5. The highest BCUT2D eigenvalue weighted by atomic mass is 32.2. The van der Waals surface area contributed by atoms with E-state index in [2.05, 4.69) is 5.32 Å². The zero-order chi connectivity index (χ0) is 21.1. The van der Waals surface area contributed by atoms with E-state index in [1.54, 1.807) is 39.0 Å². The van der Waals surface area contributed by atoms with Crippen LogP contribution >= 0.6 is 0 Å². The first-order valence-electron chi connectivity index (χ1n) is 8.63. The highest BCUT2D eigenvalue weighted by Gasteiger charge is 2.36. The predicted octanol–water partition coefficient (Wildman–Crippen LogP) is 1.15. The normalized spacial score (nSPS) is 22.2. The minimum Gasteiger partial charge on any atom is -0.426 e. The maximum absolute atomic E-state index is 12.8. The van der Waals surface area contributed by atoms with Gasteiger partial charge in [0, 0.05) is 18.1 Å². The van der Waals surface area contributed by atoms with Gasteiger partial charge in [-0.15, -0.1) is 0 Å². The van der Waals surface area contributed by atoms with Crippen molar-refractivity contribution in [1.29, 1.82) is 0 Å². The summed E-state index contributed by atoms with van der Waals surface area (Å²) in [5.41, 5.74) is 0.753. The van der Waals surface area contributed by atoms with Gasteiger partial charge in [-0.25, -0.2) is 0 Å². The molecular weight excluding hydrogens is 390 g/mol. The summed E-state index contributed by atoms with van der Waals surface area (Å²) < 4.78 is 44.5. The van der Waals surface area contributed by atoms with E-state index in [9.17, 15) is 18.0 Å². The molecule has 1 aromatic carbocycles. The smallest absolute Gasteiger partial charge is 0.308 e. The zero-order valence-corrected chi connectivity index (χ0v) is 17.3. The van der Waals surface area contributed by atoms with Gasteiger partial charge in [0.15, 0.2) is 5.79 Å². The van der Waals surface area contributed by atoms with Crippen LogP contribution in [0.1, 0.15) is 36.7 Å². The molecule has 0 radical (unpaired) electrons. The van der Waals surface area contributed by atoms with Gasteiger partial charge in [0.1, 0.15) is 11.9 Å². The second kappa shape index (κ2) is 8.56. The van der Waals surface area contributed by atoms with Gasteiger partial charge in [-0.1, -0.05) is 6.07 Å². The third-order valence-electron chi connectivity index (χ3n) is 4.05. The van der Waals surface area contributed by atoms with Crippen molar-refractivity contribution in [3.8, 4) is 5.75 Å². The molecule has 2 rings (SSSR count). The number of ether oxygens (including phenoxy) is 3. The third kappa shape index (κ3) is 6.26. The molecule has 0 spiro atoms. The number of esters is 1. The van der Waals surface area contributed by atoms with Crippen molar-refractivity contribution < 1.29 is 36.4 Å². The van der Waals surface area contributed by atoms with Gasteiger partial charge in [-0.3, -0.25) is 13.8 Å². The molecule has 10 heteroatoms. The number of carbonyl (C=O) groups excluding carboxylic acids is 2. The first-order chi connectivity index (χ1) is 12.9. The molecule has 28 heavy (non-hydrogen) atoms. The SMILES string of the molecule is CC(=O)Oc1cccc(C(=O)N[C@H]2COC(C)(C)OC[C@@H]2OS(C)(=O)=O)c1C. The molecule has 9 nitrogen and oxygen atoms in total. The number of nitrogens with one attached hydrogen (secondary N) is 1. The van der Waals surface area contributed by atoms with Crippen LogP contribution in [0.25, 0.3) is 0 Å². The summed E-state index contributed by atoms with van der Waals surface area (Å²) in [6, 6.07) is 3.96. The average Bonchev–Trinajstić information content (AvgIpc) is 2.68. The van der Waals surface area contributed by atoms with Gasteiger partial charge < -0.3 is 19.5 Å². The Labute approximate surface area is 164 Å². The molecule has 2 atom stereocenters. The monoisotopic (exact) mass is 415 g/mol. The lowest BCUT2D eigenvalue weighted by Crippen LogP contribution is -2.48. The van der Waals surface area contributed by atoms with Crippen LogP contribution in [0.15, 0.2) is 18.2 Å². The van der Waals surface area contributed by atoms with Gasteiger partial charge in [0.05, 0.1) is 25.5 Å². The summed E-state index contributed by atoms with van der Waals surface area (Å²) in [6.07, 6.45) is -0.0344. The molecule has 0 unspecified atom stereocenters. The minimum absolute atomic E-state index is 0.0123. The van der Waals surface area contributed by atoms with Crippen molar-refractivity contribution in [2.24, 2.45) is 0 Å². The predicted molar refractivity (Wildman–Crippen MR) is 99.4 cm³/mol. The number of benzene rings is 1. The van der Waals surface area contributed by atoms with Gasteiger partial charge in [-0.05, 0) is 32.9 Å². The Balaban J connectivity index is 2.25. The molecule has 1 fully saturated rings. The van der Waals surface area contributed by atoms with Crippen LogP contribution in [0.4, 0.5) is 0 Å². The highest BCUT2D eigenvalue weighted by molar-refractivity contribution is 7.86. The van der Waals surface area contributed by atoms with Crippen LogP contribution in [0, 0.1) is 6.92 Å². The molecule has 1 saturated heterocycles. The van der Waals surface area contributed by atoms with Crippen molar-refractivity contribution in [2.75, 3.05) is 19.5 Å². The van der Waals surface area contributed by atoms with E-state index >= 15 is 0 Å². The Morgan fingerprint density at radius 2 is 1.86 bits per heavy atom. The maximum Gasteiger partial charge on any atom is 0.308 e. The summed E-state index contributed by atoms with van der Waals surface area (Å²) in [4.78, 5) is 24.0. The minimum atomic E-state index is -3.78. The quantitative estimate of drug-likeness (QED) is 0.432. The van der Waals surface area contributed by atoms with Crippen LogP contribution < -0.4 is 10.1 Å². The fraction of sp³-hybridized carbons (Fsp3) is 0.556. The van der Waals surface area contributed by atoms with Crippen LogP contribution in [0.3, 0.4) is 0 Å². The second-order valence-corrected chi connectivity index (χ2v) is 8.56. The lowest BCUT2D eigenvalue weighted by Gasteiger charge is -2.24. The first kappa shape index (κ1) is 22.3. The molecule has 156 valence electrons. The lowest BCUT2D eigenvalue weighted by molar-refractivity contribution is -0.203. The summed E-state index contributed by atoms with van der Waals surface area (Å²) in [6.45, 7) is 6.18. The van der Waals surface area contributed by atoms with Crippen LogP contribution in [0.2, 0.25) is 0 Å². The number of hydrogen-bond donors (Lipinski definition) is 1. The van der Waals surface area contributed by atoms with Crippen LogP contribution in [-0.2, 0) is 28.6 Å². The molecule has 1 aliphatic heterocycles. The molecule has 0 bridgehead atoms. The van der Waals surface area contributed by atoms with Crippen molar-refractivity contribution in [2.45, 2.75) is 45.6 Å². The van der Waals surface area contributed by atoms with Crippen LogP contribution in [-0.4, -0.2) is 57.7 Å². The van der Waals surface area contributed by atoms with Crippen molar-refractivity contribution >= 4 is 22.0 Å². The van der Waals surface area contributed by atoms with Gasteiger partial charge in [-0.2, -0.15) is 8.42 Å². The Bertz CT molecular complexity index is 849. The zero-order valence-electron chi connectivity index (χ0n) is 16.5. The van der Waals surface area contributed by atoms with Gasteiger partial charge in [0.25, 0.3) is 16.0 Å². The number of amides is 1. The summed E-state index contributed by atoms with van der Waals surface area (Å²) >= 11 is 0. The fourth-order valence-corrected chi connectivity index (χ4v) is 3.30. The van der Waals surface area contributed by atoms with E-state index in [1.165, 1.54) is 6.92 Å². The molecule has 0 saturated carbocycles. The fourth-order valence-electron chi connectivity index (χ4n) is 2.66. The van der Waals surface area contributed by atoms with E-state index in [1.807, 2.05) is 0 Å². The van der Waals surface area contributed by atoms with Gasteiger partial charge in [0.2, 0.25) is 0 Å². The van der Waals surface area contributed by atoms with Crippen molar-refractivity contribution in [1.82, 2.24) is 5.32 Å². The van der Waals surface area contributed by atoms with E-state index in [4.69, 9.17) is 18.4 Å². The maximum atomic E-state index is 12.8. The topological polar surface area (TPSA) is 117 Å². The number of hydrogen-bond acceptors (Lipinski definition) is 8.